The molecule has 1 N–H and O–H groups in total. The van der Waals surface area contributed by atoms with Gasteiger partial charge in [0.05, 0.1) is 17.4 Å². The lowest BCUT2D eigenvalue weighted by Crippen LogP contribution is -2.05. The van der Waals surface area contributed by atoms with Crippen molar-refractivity contribution in [1.82, 2.24) is 14.9 Å². The summed E-state index contributed by atoms with van der Waals surface area (Å²) < 4.78 is 2.24. The van der Waals surface area contributed by atoms with Crippen molar-refractivity contribution < 1.29 is 0 Å². The molecule has 84 valence electrons. The lowest BCUT2D eigenvalue weighted by Gasteiger charge is -2.05. The summed E-state index contributed by atoms with van der Waals surface area (Å²) in [6.07, 6.45) is 4.46. The Kier molecular flexibility index (Phi) is 2.37. The van der Waals surface area contributed by atoms with Crippen molar-refractivity contribution in [3.63, 3.8) is 0 Å². The molecule has 3 nitrogen and oxygen atoms in total. The Morgan fingerprint density at radius 1 is 1.50 bits per heavy atom. The number of rotatable bonds is 3. The van der Waals surface area contributed by atoms with Crippen LogP contribution in [0.1, 0.15) is 24.4 Å². The zero-order chi connectivity index (χ0) is 11.1. The fourth-order valence-corrected chi connectivity index (χ4v) is 2.29. The zero-order valence-corrected chi connectivity index (χ0v) is 9.96. The molecule has 1 fully saturated rings. The van der Waals surface area contributed by atoms with Crippen LogP contribution in [0, 0.1) is 0 Å². The lowest BCUT2D eigenvalue weighted by molar-refractivity contribution is 0.765. The van der Waals surface area contributed by atoms with E-state index in [0.717, 1.165) is 28.2 Å². The maximum absolute atomic E-state index is 6.25. The summed E-state index contributed by atoms with van der Waals surface area (Å²) in [5.41, 5.74) is 3.31. The second kappa shape index (κ2) is 3.75. The van der Waals surface area contributed by atoms with E-state index in [1.165, 1.54) is 12.8 Å². The zero-order valence-electron chi connectivity index (χ0n) is 9.20. The second-order valence-corrected chi connectivity index (χ2v) is 4.75. The molecule has 1 aliphatic rings. The fraction of sp³-hybridized carbons (Fsp3) is 0.417. The van der Waals surface area contributed by atoms with Crippen molar-refractivity contribution in [2.45, 2.75) is 25.4 Å². The van der Waals surface area contributed by atoms with E-state index >= 15 is 0 Å². The fourth-order valence-electron chi connectivity index (χ4n) is 2.06. The van der Waals surface area contributed by atoms with Gasteiger partial charge in [-0.1, -0.05) is 11.6 Å². The van der Waals surface area contributed by atoms with Gasteiger partial charge < -0.3 is 9.88 Å². The molecule has 0 radical (unpaired) electrons. The van der Waals surface area contributed by atoms with Gasteiger partial charge in [0.15, 0.2) is 0 Å². The molecular formula is C12H14ClN3. The van der Waals surface area contributed by atoms with Crippen LogP contribution in [0.4, 0.5) is 0 Å². The van der Waals surface area contributed by atoms with Crippen LogP contribution in [-0.2, 0) is 6.54 Å². The maximum Gasteiger partial charge on any atom is 0.0960 e. The molecule has 0 atom stereocenters. The molecule has 0 aliphatic heterocycles. The van der Waals surface area contributed by atoms with Crippen LogP contribution in [0.15, 0.2) is 18.5 Å². The maximum atomic E-state index is 6.25. The number of benzene rings is 1. The summed E-state index contributed by atoms with van der Waals surface area (Å²) in [5, 5.41) is 3.94. The third-order valence-electron chi connectivity index (χ3n) is 3.05. The molecule has 0 amide bonds. The molecule has 1 heterocycles. The van der Waals surface area contributed by atoms with E-state index in [-0.39, 0.29) is 0 Å². The largest absolute Gasteiger partial charge is 0.327 e. The molecule has 16 heavy (non-hydrogen) atoms. The smallest absolute Gasteiger partial charge is 0.0960 e. The number of fused-ring (bicyclic) bond motifs is 1. The summed E-state index contributed by atoms with van der Waals surface area (Å²) in [4.78, 5) is 4.44. The minimum atomic E-state index is 0.649. The predicted molar refractivity (Wildman–Crippen MR) is 65.8 cm³/mol. The van der Waals surface area contributed by atoms with Gasteiger partial charge in [0, 0.05) is 17.6 Å². The first kappa shape index (κ1) is 10.1. The van der Waals surface area contributed by atoms with Gasteiger partial charge in [-0.2, -0.15) is 0 Å². The Morgan fingerprint density at radius 2 is 2.31 bits per heavy atom. The highest BCUT2D eigenvalue weighted by Gasteiger charge is 2.25. The van der Waals surface area contributed by atoms with Gasteiger partial charge >= 0.3 is 0 Å². The van der Waals surface area contributed by atoms with E-state index in [9.17, 15) is 0 Å². The molecule has 1 aliphatic carbocycles. The molecule has 1 saturated carbocycles. The number of nitrogens with zero attached hydrogens (tertiary/aromatic N) is 2. The van der Waals surface area contributed by atoms with Crippen molar-refractivity contribution in [1.29, 1.82) is 0 Å². The highest BCUT2D eigenvalue weighted by Crippen LogP contribution is 2.37. The minimum Gasteiger partial charge on any atom is -0.327 e. The van der Waals surface area contributed by atoms with Gasteiger partial charge in [-0.3, -0.25) is 0 Å². The van der Waals surface area contributed by atoms with Crippen LogP contribution in [0.2, 0.25) is 5.02 Å². The number of aromatic nitrogens is 2. The summed E-state index contributed by atoms with van der Waals surface area (Å²) in [6, 6.07) is 4.76. The Bertz CT molecular complexity index is 528. The van der Waals surface area contributed by atoms with E-state index in [1.807, 2.05) is 19.4 Å². The first-order valence-electron chi connectivity index (χ1n) is 5.59. The highest BCUT2D eigenvalue weighted by atomic mass is 35.5. The van der Waals surface area contributed by atoms with E-state index in [2.05, 4.69) is 20.9 Å². The summed E-state index contributed by atoms with van der Waals surface area (Å²) in [6.45, 7) is 0.783. The molecule has 1 aromatic heterocycles. The first-order valence-corrected chi connectivity index (χ1v) is 5.97. The van der Waals surface area contributed by atoms with Crippen LogP contribution >= 0.6 is 11.6 Å². The van der Waals surface area contributed by atoms with Gasteiger partial charge in [0.1, 0.15) is 0 Å². The second-order valence-electron chi connectivity index (χ2n) is 4.35. The molecule has 0 spiro atoms. The Balaban J connectivity index is 2.12. The number of halogens is 1. The van der Waals surface area contributed by atoms with Crippen molar-refractivity contribution >= 4 is 22.6 Å². The van der Waals surface area contributed by atoms with E-state index in [0.29, 0.717) is 6.04 Å². The third kappa shape index (κ3) is 1.60. The van der Waals surface area contributed by atoms with E-state index < -0.39 is 0 Å². The summed E-state index contributed by atoms with van der Waals surface area (Å²) in [5.74, 6) is 0. The standard InChI is InChI=1S/C12H14ClN3/c1-14-6-8-4-11-12(5-10(8)13)16(7-15-11)9-2-3-9/h4-5,7,9,14H,2-3,6H2,1H3. The number of hydrogen-bond donors (Lipinski definition) is 1. The van der Waals surface area contributed by atoms with Crippen LogP contribution in [0.25, 0.3) is 11.0 Å². The quantitative estimate of drug-likeness (QED) is 0.887. The Morgan fingerprint density at radius 3 is 3.00 bits per heavy atom. The molecule has 0 saturated heterocycles. The van der Waals surface area contributed by atoms with Crippen molar-refractivity contribution in [3.8, 4) is 0 Å². The Labute approximate surface area is 99.4 Å². The molecule has 0 bridgehead atoms. The average molecular weight is 236 g/mol. The van der Waals surface area contributed by atoms with Crippen LogP contribution in [0.5, 0.6) is 0 Å². The molecule has 4 heteroatoms. The van der Waals surface area contributed by atoms with E-state index in [4.69, 9.17) is 11.6 Å². The van der Waals surface area contributed by atoms with Gasteiger partial charge in [-0.25, -0.2) is 4.98 Å². The first-order chi connectivity index (χ1) is 7.79. The van der Waals surface area contributed by atoms with Gasteiger partial charge in [-0.05, 0) is 37.6 Å². The van der Waals surface area contributed by atoms with E-state index in [1.54, 1.807) is 0 Å². The summed E-state index contributed by atoms with van der Waals surface area (Å²) in [7, 11) is 1.92. The van der Waals surface area contributed by atoms with Crippen LogP contribution in [-0.4, -0.2) is 16.6 Å². The van der Waals surface area contributed by atoms with Crippen molar-refractivity contribution in [3.05, 3.63) is 29.0 Å². The topological polar surface area (TPSA) is 29.9 Å². The highest BCUT2D eigenvalue weighted by molar-refractivity contribution is 6.32. The molecule has 3 rings (SSSR count). The van der Waals surface area contributed by atoms with Gasteiger partial charge in [0.2, 0.25) is 0 Å². The number of imidazole rings is 1. The Hall–Kier alpha value is -1.06. The minimum absolute atomic E-state index is 0.649. The van der Waals surface area contributed by atoms with Gasteiger partial charge in [-0.15, -0.1) is 0 Å². The summed E-state index contributed by atoms with van der Waals surface area (Å²) >= 11 is 6.25. The van der Waals surface area contributed by atoms with Crippen molar-refractivity contribution in [2.75, 3.05) is 7.05 Å². The third-order valence-corrected chi connectivity index (χ3v) is 3.40. The SMILES string of the molecule is CNCc1cc2ncn(C3CC3)c2cc1Cl. The number of nitrogens with one attached hydrogen (secondary N) is 1. The van der Waals surface area contributed by atoms with Crippen LogP contribution < -0.4 is 5.32 Å². The predicted octanol–water partition coefficient (Wildman–Crippen LogP) is 2.74. The molecular weight excluding hydrogens is 222 g/mol. The average Bonchev–Trinajstić information content (AvgIpc) is 3.03. The molecule has 2 aromatic rings. The molecule has 1 aromatic carbocycles. The lowest BCUT2D eigenvalue weighted by atomic mass is 10.2. The monoisotopic (exact) mass is 235 g/mol. The molecule has 0 unspecified atom stereocenters. The normalized spacial score (nSPS) is 15.9. The van der Waals surface area contributed by atoms with Crippen molar-refractivity contribution in [2.24, 2.45) is 0 Å². The van der Waals surface area contributed by atoms with Gasteiger partial charge in [0.25, 0.3) is 0 Å². The van der Waals surface area contributed by atoms with Crippen LogP contribution in [0.3, 0.4) is 0 Å². The number of hydrogen-bond acceptors (Lipinski definition) is 2.